The average Bonchev–Trinajstić information content (AvgIpc) is 3.20. The fourth-order valence-electron chi connectivity index (χ4n) is 2.86. The van der Waals surface area contributed by atoms with Crippen LogP contribution in [0, 0.1) is 0 Å². The first-order valence-corrected chi connectivity index (χ1v) is 9.16. The summed E-state index contributed by atoms with van der Waals surface area (Å²) < 4.78 is 0. The molecule has 114 valence electrons. The van der Waals surface area contributed by atoms with Crippen LogP contribution in [0.4, 0.5) is 0 Å². The van der Waals surface area contributed by atoms with Crippen molar-refractivity contribution in [3.63, 3.8) is 0 Å². The first-order valence-electron chi connectivity index (χ1n) is 7.82. The van der Waals surface area contributed by atoms with Crippen molar-refractivity contribution in [3.05, 3.63) is 72.3 Å². The third-order valence-corrected chi connectivity index (χ3v) is 6.82. The molecule has 1 nitrogen and oxygen atoms in total. The van der Waals surface area contributed by atoms with Crippen LogP contribution < -0.4 is 10.6 Å². The van der Waals surface area contributed by atoms with Crippen molar-refractivity contribution in [3.8, 4) is 0 Å². The van der Waals surface area contributed by atoms with Crippen molar-refractivity contribution in [1.29, 1.82) is 0 Å². The van der Waals surface area contributed by atoms with Gasteiger partial charge in [-0.15, -0.1) is 23.8 Å². The predicted molar refractivity (Wildman–Crippen MR) is 100 cm³/mol. The number of rotatable bonds is 4. The first-order chi connectivity index (χ1) is 10.7. The van der Waals surface area contributed by atoms with Crippen molar-refractivity contribution in [2.75, 3.05) is 14.1 Å². The maximum Gasteiger partial charge on any atom is 0.130 e. The molecule has 2 aromatic carbocycles. The van der Waals surface area contributed by atoms with E-state index < -0.39 is 7.55 Å². The highest BCUT2D eigenvalue weighted by Crippen LogP contribution is 2.32. The number of hydrogen-bond donors (Lipinski definition) is 0. The van der Waals surface area contributed by atoms with Crippen LogP contribution in [0.25, 0.3) is 0 Å². The zero-order chi connectivity index (χ0) is 15.5. The van der Waals surface area contributed by atoms with Gasteiger partial charge in [-0.25, -0.2) is 24.3 Å². The molecular formula is C20H23NP-. The van der Waals surface area contributed by atoms with Crippen LogP contribution in [0.1, 0.15) is 24.9 Å². The monoisotopic (exact) mass is 308 g/mol. The van der Waals surface area contributed by atoms with Crippen LogP contribution in [0.5, 0.6) is 0 Å². The maximum atomic E-state index is 2.32. The van der Waals surface area contributed by atoms with E-state index >= 15 is 0 Å². The molecule has 2 heteroatoms. The molecule has 0 radical (unpaired) electrons. The second-order valence-corrected chi connectivity index (χ2v) is 8.14. The summed E-state index contributed by atoms with van der Waals surface area (Å²) >= 11 is 0. The second kappa shape index (κ2) is 6.60. The van der Waals surface area contributed by atoms with E-state index in [0.717, 1.165) is 6.42 Å². The molecule has 1 aliphatic carbocycles. The smallest absolute Gasteiger partial charge is 0.130 e. The van der Waals surface area contributed by atoms with Gasteiger partial charge in [0.1, 0.15) is 5.29 Å². The maximum absolute atomic E-state index is 2.32. The average molecular weight is 308 g/mol. The fourth-order valence-corrected chi connectivity index (χ4v) is 5.45. The summed E-state index contributed by atoms with van der Waals surface area (Å²) in [4.78, 5) is 2.29. The SMILES string of the molecule is C[C@@H](c1ccc[c-]1[P+](=C1C=CCC=C1)[c-]1cccc1)N(C)C. The van der Waals surface area contributed by atoms with Crippen LogP contribution in [-0.2, 0) is 0 Å². The molecule has 0 N–H and O–H groups in total. The van der Waals surface area contributed by atoms with E-state index in [-0.39, 0.29) is 0 Å². The van der Waals surface area contributed by atoms with E-state index in [1.54, 1.807) is 0 Å². The summed E-state index contributed by atoms with van der Waals surface area (Å²) in [6.07, 6.45) is 10.2. The number of allylic oxidation sites excluding steroid dienone is 4. The Kier molecular flexibility index (Phi) is 4.57. The van der Waals surface area contributed by atoms with Gasteiger partial charge in [0.15, 0.2) is 0 Å². The Morgan fingerprint density at radius 2 is 1.73 bits per heavy atom. The minimum absolute atomic E-state index is 0.433. The largest absolute Gasteiger partial charge is 0.305 e. The normalized spacial score (nSPS) is 16.4. The molecule has 0 fully saturated rings. The van der Waals surface area contributed by atoms with Crippen LogP contribution in [0.3, 0.4) is 0 Å². The van der Waals surface area contributed by atoms with Crippen LogP contribution in [0.2, 0.25) is 0 Å². The Labute approximate surface area is 134 Å². The Balaban J connectivity index is 2.17. The van der Waals surface area contributed by atoms with Gasteiger partial charge in [0.2, 0.25) is 0 Å². The van der Waals surface area contributed by atoms with Gasteiger partial charge < -0.3 is 4.90 Å². The molecule has 0 heterocycles. The molecule has 2 aromatic rings. The van der Waals surface area contributed by atoms with Crippen molar-refractivity contribution in [2.45, 2.75) is 19.4 Å². The van der Waals surface area contributed by atoms with Crippen molar-refractivity contribution in [2.24, 2.45) is 0 Å². The minimum Gasteiger partial charge on any atom is -0.305 e. The van der Waals surface area contributed by atoms with Gasteiger partial charge in [0.25, 0.3) is 0 Å². The molecule has 1 aliphatic rings. The van der Waals surface area contributed by atoms with E-state index in [1.165, 1.54) is 21.5 Å². The predicted octanol–water partition coefficient (Wildman–Crippen LogP) is 3.87. The molecule has 22 heavy (non-hydrogen) atoms. The molecule has 0 saturated carbocycles. The molecule has 3 rings (SSSR count). The number of nitrogens with zero attached hydrogens (tertiary/aromatic N) is 1. The standard InChI is InChI=1S/C20H23NP/c1-16(21(2)3)19-14-9-15-20(19)22(18-12-7-8-13-18)17-10-5-4-6-11-17/h5-16H,4H2,1-3H3/q-1/t16-/m0/s1. The lowest BCUT2D eigenvalue weighted by Gasteiger charge is -2.23. The third-order valence-electron chi connectivity index (χ3n) is 4.30. The quantitative estimate of drug-likeness (QED) is 0.612. The topological polar surface area (TPSA) is 3.24 Å². The Bertz CT molecular complexity index is 697. The van der Waals surface area contributed by atoms with E-state index in [1.807, 2.05) is 0 Å². The Hall–Kier alpha value is -1.69. The summed E-state index contributed by atoms with van der Waals surface area (Å²) in [6.45, 7) is 2.29. The molecule has 2 atom stereocenters. The summed E-state index contributed by atoms with van der Waals surface area (Å²) in [5.41, 5.74) is 1.46. The van der Waals surface area contributed by atoms with Crippen molar-refractivity contribution >= 4 is 23.4 Å². The summed E-state index contributed by atoms with van der Waals surface area (Å²) in [6, 6.07) is 16.1. The minimum atomic E-state index is -0.457. The van der Waals surface area contributed by atoms with Crippen LogP contribution in [0.15, 0.2) is 66.8 Å². The summed E-state index contributed by atoms with van der Waals surface area (Å²) in [7, 11) is 3.85. The molecule has 1 unspecified atom stereocenters. The third kappa shape index (κ3) is 2.92. The zero-order valence-electron chi connectivity index (χ0n) is 13.5. The molecule has 0 amide bonds. The summed E-state index contributed by atoms with van der Waals surface area (Å²) in [5.74, 6) is 0. The molecule has 0 spiro atoms. The lowest BCUT2D eigenvalue weighted by molar-refractivity contribution is 0.323. The lowest BCUT2D eigenvalue weighted by Crippen LogP contribution is -2.22. The fraction of sp³-hybridized carbons (Fsp3) is 0.250. The first kappa shape index (κ1) is 15.2. The highest BCUT2D eigenvalue weighted by atomic mass is 31.1. The summed E-state index contributed by atoms with van der Waals surface area (Å²) in [5, 5.41) is 4.39. The van der Waals surface area contributed by atoms with Gasteiger partial charge in [-0.3, -0.25) is 0 Å². The van der Waals surface area contributed by atoms with Gasteiger partial charge in [0.05, 0.1) is 7.55 Å². The van der Waals surface area contributed by atoms with Gasteiger partial charge in [-0.1, -0.05) is 12.2 Å². The molecular weight excluding hydrogens is 285 g/mol. The molecule has 0 saturated heterocycles. The van der Waals surface area contributed by atoms with Crippen LogP contribution in [-0.4, -0.2) is 24.3 Å². The molecule has 0 aliphatic heterocycles. The Morgan fingerprint density at radius 3 is 2.36 bits per heavy atom. The van der Waals surface area contributed by atoms with Gasteiger partial charge >= 0.3 is 0 Å². The highest BCUT2D eigenvalue weighted by Gasteiger charge is 2.20. The number of hydrogen-bond acceptors (Lipinski definition) is 1. The van der Waals surface area contributed by atoms with Gasteiger partial charge in [0, 0.05) is 16.7 Å². The van der Waals surface area contributed by atoms with E-state index in [4.69, 9.17) is 0 Å². The second-order valence-electron chi connectivity index (χ2n) is 5.95. The van der Waals surface area contributed by atoms with E-state index in [2.05, 4.69) is 92.7 Å². The van der Waals surface area contributed by atoms with E-state index in [0.29, 0.717) is 6.04 Å². The highest BCUT2D eigenvalue weighted by molar-refractivity contribution is 7.74. The zero-order valence-corrected chi connectivity index (χ0v) is 14.4. The van der Waals surface area contributed by atoms with E-state index in [9.17, 15) is 0 Å². The van der Waals surface area contributed by atoms with Crippen LogP contribution >= 0.6 is 7.55 Å². The molecule has 0 aromatic heterocycles. The van der Waals surface area contributed by atoms with Gasteiger partial charge in [-0.2, -0.15) is 0 Å². The molecule has 0 bridgehead atoms. The van der Waals surface area contributed by atoms with Crippen molar-refractivity contribution < 1.29 is 0 Å². The Morgan fingerprint density at radius 1 is 1.05 bits per heavy atom. The van der Waals surface area contributed by atoms with Crippen molar-refractivity contribution in [1.82, 2.24) is 4.90 Å². The lowest BCUT2D eigenvalue weighted by atomic mass is 10.1. The van der Waals surface area contributed by atoms with Gasteiger partial charge in [-0.05, 0) is 39.6 Å².